The molecule has 0 unspecified atom stereocenters. The van der Waals surface area contributed by atoms with Crippen molar-refractivity contribution in [1.82, 2.24) is 4.57 Å². The van der Waals surface area contributed by atoms with Gasteiger partial charge in [0.05, 0.1) is 33.7 Å². The van der Waals surface area contributed by atoms with E-state index in [9.17, 15) is 15.3 Å². The Morgan fingerprint density at radius 3 is 2.33 bits per heavy atom. The van der Waals surface area contributed by atoms with Crippen molar-refractivity contribution in [3.05, 3.63) is 93.7 Å². The molecule has 1 aliphatic heterocycles. The average molecular weight is 540 g/mol. The molecule has 8 heteroatoms. The van der Waals surface area contributed by atoms with Crippen molar-refractivity contribution in [2.45, 2.75) is 5.92 Å². The first-order chi connectivity index (χ1) is 14.4. The van der Waals surface area contributed by atoms with Crippen LogP contribution in [-0.2, 0) is 0 Å². The van der Waals surface area contributed by atoms with Crippen LogP contribution in [0.15, 0.2) is 67.8 Å². The van der Waals surface area contributed by atoms with Gasteiger partial charge in [0.1, 0.15) is 10.5 Å². The number of rotatable bonds is 2. The summed E-state index contributed by atoms with van der Waals surface area (Å²) in [6.07, 6.45) is 1.76. The van der Waals surface area contributed by atoms with E-state index in [1.165, 1.54) is 15.9 Å². The number of nitrogens with two attached hydrogens (primary N) is 1. The number of hydrogen-bond donors (Lipinski definition) is 1. The van der Waals surface area contributed by atoms with Crippen LogP contribution in [0.4, 0.5) is 0 Å². The predicted molar refractivity (Wildman–Crippen MR) is 124 cm³/mol. The fourth-order valence-corrected chi connectivity index (χ4v) is 5.38. The van der Waals surface area contributed by atoms with Crippen molar-refractivity contribution in [2.75, 3.05) is 0 Å². The fourth-order valence-electron chi connectivity index (χ4n) is 3.42. The van der Waals surface area contributed by atoms with Crippen LogP contribution >= 0.6 is 43.2 Å². The largest absolute Gasteiger partial charge is 0.384 e. The highest BCUT2D eigenvalue weighted by Crippen LogP contribution is 2.36. The van der Waals surface area contributed by atoms with E-state index in [-0.39, 0.29) is 17.0 Å². The molecule has 1 aromatic heterocycles. The van der Waals surface area contributed by atoms with E-state index in [0.717, 1.165) is 20.1 Å². The molecule has 4 rings (SSSR count). The maximum Gasteiger partial charge on any atom is 0.274 e. The van der Waals surface area contributed by atoms with Crippen LogP contribution in [0, 0.1) is 22.7 Å². The van der Waals surface area contributed by atoms with Gasteiger partial charge in [-0.3, -0.25) is 9.36 Å². The number of allylic oxidation sites excluding steroid dienone is 1. The van der Waals surface area contributed by atoms with E-state index in [0.29, 0.717) is 14.8 Å². The summed E-state index contributed by atoms with van der Waals surface area (Å²) in [5, 5.41) is 19.8. The molecule has 0 spiro atoms. The lowest BCUT2D eigenvalue weighted by atomic mass is 9.84. The molecule has 0 saturated carbocycles. The van der Waals surface area contributed by atoms with E-state index in [2.05, 4.69) is 44.0 Å². The summed E-state index contributed by atoms with van der Waals surface area (Å²) in [5.41, 5.74) is 8.05. The number of halogens is 2. The summed E-state index contributed by atoms with van der Waals surface area (Å²) in [6, 6.07) is 19.3. The van der Waals surface area contributed by atoms with Gasteiger partial charge in [0, 0.05) is 8.95 Å². The van der Waals surface area contributed by atoms with E-state index in [1.807, 2.05) is 48.5 Å². The number of benzene rings is 2. The number of hydrogen-bond acceptors (Lipinski definition) is 5. The molecule has 0 aliphatic carbocycles. The van der Waals surface area contributed by atoms with Gasteiger partial charge in [0.15, 0.2) is 0 Å². The normalized spacial score (nSPS) is 16.2. The van der Waals surface area contributed by atoms with Crippen LogP contribution in [0.25, 0.3) is 17.5 Å². The molecule has 2 heterocycles. The number of fused-ring (bicyclic) bond motifs is 1. The molecule has 5 nitrogen and oxygen atoms in total. The Bertz CT molecular complexity index is 1480. The Kier molecular flexibility index (Phi) is 5.48. The van der Waals surface area contributed by atoms with Crippen LogP contribution in [-0.4, -0.2) is 4.57 Å². The number of nitrogens with zero attached hydrogens (tertiary/aromatic N) is 3. The van der Waals surface area contributed by atoms with Crippen LogP contribution in [0.3, 0.4) is 0 Å². The standard InChI is InChI=1S/C22H12Br2N4OS/c23-14-5-1-3-12(7-14)8-18-21(29)28-20(27)16(10-25)19(17(11-26)22(28)30-18)13-4-2-6-15(24)9-13/h1-9,19H,27H2/b18-8-/t19-/m0/s1. The molecule has 1 aliphatic rings. The van der Waals surface area contributed by atoms with E-state index in [4.69, 9.17) is 5.73 Å². The number of nitriles is 2. The second kappa shape index (κ2) is 8.08. The lowest BCUT2D eigenvalue weighted by Gasteiger charge is -2.22. The SMILES string of the molecule is N#CC1=C(N)n2c(s/c(=C\c3cccc(Br)c3)c2=O)=C(C#N)[C@H]1c1cccc(Br)c1. The lowest BCUT2D eigenvalue weighted by molar-refractivity contribution is 0.906. The van der Waals surface area contributed by atoms with Gasteiger partial charge in [-0.15, -0.1) is 11.3 Å². The van der Waals surface area contributed by atoms with Gasteiger partial charge < -0.3 is 5.73 Å². The van der Waals surface area contributed by atoms with Crippen molar-refractivity contribution < 1.29 is 0 Å². The molecule has 0 saturated heterocycles. The summed E-state index contributed by atoms with van der Waals surface area (Å²) in [7, 11) is 0. The third-order valence-corrected chi connectivity index (χ3v) is 6.81. The lowest BCUT2D eigenvalue weighted by Crippen LogP contribution is -2.38. The number of thiazole rings is 1. The second-order valence-electron chi connectivity index (χ2n) is 6.54. The van der Waals surface area contributed by atoms with Gasteiger partial charge >= 0.3 is 0 Å². The molecule has 0 amide bonds. The van der Waals surface area contributed by atoms with Crippen molar-refractivity contribution in [2.24, 2.45) is 5.73 Å². The first-order valence-corrected chi connectivity index (χ1v) is 11.1. The van der Waals surface area contributed by atoms with Crippen molar-refractivity contribution in [1.29, 1.82) is 10.5 Å². The molecule has 0 radical (unpaired) electrons. The molecule has 2 N–H and O–H groups in total. The first-order valence-electron chi connectivity index (χ1n) is 8.73. The topological polar surface area (TPSA) is 95.6 Å². The molecule has 0 bridgehead atoms. The minimum atomic E-state index is -0.630. The van der Waals surface area contributed by atoms with Crippen molar-refractivity contribution >= 4 is 60.7 Å². The Labute approximate surface area is 192 Å². The summed E-state index contributed by atoms with van der Waals surface area (Å²) in [5.74, 6) is -0.569. The highest BCUT2D eigenvalue weighted by Gasteiger charge is 2.32. The monoisotopic (exact) mass is 538 g/mol. The Morgan fingerprint density at radius 1 is 1.03 bits per heavy atom. The highest BCUT2D eigenvalue weighted by molar-refractivity contribution is 9.10. The smallest absolute Gasteiger partial charge is 0.274 e. The van der Waals surface area contributed by atoms with Crippen LogP contribution < -0.4 is 20.5 Å². The van der Waals surface area contributed by atoms with Gasteiger partial charge in [-0.1, -0.05) is 56.1 Å². The van der Waals surface area contributed by atoms with E-state index < -0.39 is 5.92 Å². The molecule has 1 atom stereocenters. The molecular formula is C22H12Br2N4OS. The number of aromatic nitrogens is 1. The summed E-state index contributed by atoms with van der Waals surface area (Å²) in [6.45, 7) is 0. The zero-order valence-electron chi connectivity index (χ0n) is 15.3. The molecule has 30 heavy (non-hydrogen) atoms. The third-order valence-electron chi connectivity index (χ3n) is 4.72. The van der Waals surface area contributed by atoms with Crippen molar-refractivity contribution in [3.8, 4) is 12.1 Å². The molecular weight excluding hydrogens is 528 g/mol. The Morgan fingerprint density at radius 2 is 1.70 bits per heavy atom. The predicted octanol–water partition coefficient (Wildman–Crippen LogP) is 3.39. The summed E-state index contributed by atoms with van der Waals surface area (Å²) < 4.78 is 3.88. The van der Waals surface area contributed by atoms with Gasteiger partial charge in [-0.25, -0.2) is 0 Å². The highest BCUT2D eigenvalue weighted by atomic mass is 79.9. The zero-order valence-corrected chi connectivity index (χ0v) is 19.3. The van der Waals surface area contributed by atoms with Gasteiger partial charge in [0.25, 0.3) is 5.56 Å². The van der Waals surface area contributed by atoms with Gasteiger partial charge in [-0.05, 0) is 41.5 Å². The van der Waals surface area contributed by atoms with Crippen LogP contribution in [0.2, 0.25) is 0 Å². The molecule has 2 aromatic carbocycles. The summed E-state index contributed by atoms with van der Waals surface area (Å²) in [4.78, 5) is 13.1. The molecule has 0 fully saturated rings. The first kappa shape index (κ1) is 20.4. The maximum atomic E-state index is 13.1. The minimum Gasteiger partial charge on any atom is -0.384 e. The van der Waals surface area contributed by atoms with Crippen molar-refractivity contribution in [3.63, 3.8) is 0 Å². The van der Waals surface area contributed by atoms with Gasteiger partial charge in [0.2, 0.25) is 0 Å². The quantitative estimate of drug-likeness (QED) is 0.540. The zero-order chi connectivity index (χ0) is 21.4. The second-order valence-corrected chi connectivity index (χ2v) is 9.40. The maximum absolute atomic E-state index is 13.1. The third kappa shape index (κ3) is 3.44. The fraction of sp³-hybridized carbons (Fsp3) is 0.0455. The van der Waals surface area contributed by atoms with Crippen LogP contribution in [0.5, 0.6) is 0 Å². The van der Waals surface area contributed by atoms with Gasteiger partial charge in [-0.2, -0.15) is 10.5 Å². The average Bonchev–Trinajstić information content (AvgIpc) is 3.04. The Balaban J connectivity index is 2.07. The Hall–Kier alpha value is -2.91. The summed E-state index contributed by atoms with van der Waals surface area (Å²) >= 11 is 8.06. The van der Waals surface area contributed by atoms with E-state index in [1.54, 1.807) is 6.08 Å². The van der Waals surface area contributed by atoms with E-state index >= 15 is 0 Å². The van der Waals surface area contributed by atoms with Crippen LogP contribution in [0.1, 0.15) is 17.0 Å². The molecule has 3 aromatic rings. The minimum absolute atomic E-state index is 0.0617. The molecule has 146 valence electrons.